The van der Waals surface area contributed by atoms with Crippen molar-refractivity contribution in [2.24, 2.45) is 0 Å². The van der Waals surface area contributed by atoms with E-state index >= 15 is 0 Å². The van der Waals surface area contributed by atoms with Crippen LogP contribution in [-0.4, -0.2) is 6.54 Å². The summed E-state index contributed by atoms with van der Waals surface area (Å²) >= 11 is 6.28. The predicted molar refractivity (Wildman–Crippen MR) is 83.7 cm³/mol. The summed E-state index contributed by atoms with van der Waals surface area (Å²) in [4.78, 5) is 0. The lowest BCUT2D eigenvalue weighted by atomic mass is 9.99. The maximum absolute atomic E-state index is 14.1. The number of rotatable bonds is 4. The molecule has 106 valence electrons. The number of hydrogen-bond acceptors (Lipinski definition) is 1. The molecule has 2 aromatic rings. The van der Waals surface area contributed by atoms with Gasteiger partial charge in [-0.2, -0.15) is 0 Å². The van der Waals surface area contributed by atoms with Crippen LogP contribution in [-0.2, 0) is 6.54 Å². The van der Waals surface area contributed by atoms with Gasteiger partial charge in [-0.05, 0) is 55.3 Å². The van der Waals surface area contributed by atoms with Gasteiger partial charge in [0, 0.05) is 22.7 Å². The van der Waals surface area contributed by atoms with Crippen LogP contribution in [0.25, 0.3) is 11.1 Å². The Labute approximate surface area is 124 Å². The maximum atomic E-state index is 14.1. The van der Waals surface area contributed by atoms with Crippen LogP contribution in [0.4, 0.5) is 4.39 Å². The second-order valence-electron chi connectivity index (χ2n) is 5.00. The summed E-state index contributed by atoms with van der Waals surface area (Å²) in [6, 6.07) is 9.24. The Morgan fingerprint density at radius 3 is 2.45 bits per heavy atom. The van der Waals surface area contributed by atoms with Crippen LogP contribution in [0.15, 0.2) is 30.3 Å². The molecule has 2 aromatic carbocycles. The van der Waals surface area contributed by atoms with Gasteiger partial charge in [-0.3, -0.25) is 0 Å². The van der Waals surface area contributed by atoms with Gasteiger partial charge in [-0.15, -0.1) is 0 Å². The molecule has 0 amide bonds. The van der Waals surface area contributed by atoms with E-state index in [0.29, 0.717) is 17.1 Å². The molecule has 0 bridgehead atoms. The molecular formula is C17H19ClFN. The van der Waals surface area contributed by atoms with E-state index in [4.69, 9.17) is 11.6 Å². The van der Waals surface area contributed by atoms with Crippen molar-refractivity contribution < 1.29 is 4.39 Å². The number of benzene rings is 2. The average Bonchev–Trinajstić information content (AvgIpc) is 2.41. The first kappa shape index (κ1) is 15.0. The molecule has 1 N–H and O–H groups in total. The van der Waals surface area contributed by atoms with Crippen molar-refractivity contribution in [3.05, 3.63) is 57.9 Å². The Morgan fingerprint density at radius 1 is 1.10 bits per heavy atom. The lowest BCUT2D eigenvalue weighted by Gasteiger charge is -2.11. The summed E-state index contributed by atoms with van der Waals surface area (Å²) in [6.07, 6.45) is 0. The summed E-state index contributed by atoms with van der Waals surface area (Å²) in [5, 5.41) is 3.79. The van der Waals surface area contributed by atoms with Crippen molar-refractivity contribution in [1.82, 2.24) is 5.32 Å². The largest absolute Gasteiger partial charge is 0.313 e. The smallest absolute Gasteiger partial charge is 0.128 e. The lowest BCUT2D eigenvalue weighted by Crippen LogP contribution is -2.12. The molecule has 0 heterocycles. The van der Waals surface area contributed by atoms with Gasteiger partial charge < -0.3 is 5.32 Å². The van der Waals surface area contributed by atoms with Crippen molar-refractivity contribution in [2.75, 3.05) is 6.54 Å². The Bertz CT molecular complexity index is 623. The fourth-order valence-corrected chi connectivity index (χ4v) is 2.45. The predicted octanol–water partition coefficient (Wildman–Crippen LogP) is 4.87. The van der Waals surface area contributed by atoms with Crippen LogP contribution in [0, 0.1) is 19.7 Å². The van der Waals surface area contributed by atoms with Crippen LogP contribution >= 0.6 is 11.6 Å². The molecule has 0 saturated heterocycles. The highest BCUT2D eigenvalue weighted by atomic mass is 35.5. The highest BCUT2D eigenvalue weighted by molar-refractivity contribution is 6.33. The van der Waals surface area contributed by atoms with E-state index in [1.165, 1.54) is 0 Å². The van der Waals surface area contributed by atoms with Gasteiger partial charge in [-0.25, -0.2) is 4.39 Å². The van der Waals surface area contributed by atoms with E-state index in [-0.39, 0.29) is 5.82 Å². The van der Waals surface area contributed by atoms with Crippen molar-refractivity contribution in [2.45, 2.75) is 27.3 Å². The van der Waals surface area contributed by atoms with Crippen LogP contribution < -0.4 is 5.32 Å². The molecule has 2 rings (SSSR count). The standard InChI is InChI=1S/C17H19ClFN/c1-4-20-10-14-6-5-13(9-17(14)19)15-7-11(2)12(3)8-16(15)18/h5-9,20H,4,10H2,1-3H3. The fraction of sp³-hybridized carbons (Fsp3) is 0.294. The molecular weight excluding hydrogens is 273 g/mol. The second kappa shape index (κ2) is 6.38. The van der Waals surface area contributed by atoms with E-state index in [9.17, 15) is 4.39 Å². The van der Waals surface area contributed by atoms with Crippen LogP contribution in [0.5, 0.6) is 0 Å². The summed E-state index contributed by atoms with van der Waals surface area (Å²) in [6.45, 7) is 7.42. The Kier molecular flexibility index (Phi) is 4.79. The molecule has 0 aromatic heterocycles. The number of nitrogens with one attached hydrogen (secondary N) is 1. The molecule has 1 nitrogen and oxygen atoms in total. The molecule has 0 fully saturated rings. The first-order chi connectivity index (χ1) is 9.52. The molecule has 0 aliphatic heterocycles. The van der Waals surface area contributed by atoms with E-state index in [1.54, 1.807) is 6.07 Å². The van der Waals surface area contributed by atoms with Crippen LogP contribution in [0.1, 0.15) is 23.6 Å². The van der Waals surface area contributed by atoms with Gasteiger partial charge in [0.1, 0.15) is 5.82 Å². The van der Waals surface area contributed by atoms with Crippen LogP contribution in [0.2, 0.25) is 5.02 Å². The van der Waals surface area contributed by atoms with Crippen molar-refractivity contribution >= 4 is 11.6 Å². The minimum atomic E-state index is -0.197. The van der Waals surface area contributed by atoms with Gasteiger partial charge in [0.2, 0.25) is 0 Å². The number of halogens is 2. The Balaban J connectivity index is 2.39. The van der Waals surface area contributed by atoms with Gasteiger partial charge in [0.05, 0.1) is 0 Å². The molecule has 0 aliphatic carbocycles. The third-order valence-electron chi connectivity index (χ3n) is 3.51. The van der Waals surface area contributed by atoms with Crippen molar-refractivity contribution in [1.29, 1.82) is 0 Å². The molecule has 3 heteroatoms. The normalized spacial score (nSPS) is 10.8. The summed E-state index contributed by atoms with van der Waals surface area (Å²) in [7, 11) is 0. The SMILES string of the molecule is CCNCc1ccc(-c2cc(C)c(C)cc2Cl)cc1F. The van der Waals surface area contributed by atoms with Crippen molar-refractivity contribution in [3.8, 4) is 11.1 Å². The van der Waals surface area contributed by atoms with E-state index < -0.39 is 0 Å². The molecule has 0 spiro atoms. The molecule has 20 heavy (non-hydrogen) atoms. The van der Waals surface area contributed by atoms with Crippen LogP contribution in [0.3, 0.4) is 0 Å². The first-order valence-corrected chi connectivity index (χ1v) is 7.17. The number of aryl methyl sites for hydroxylation is 2. The Hall–Kier alpha value is -1.38. The zero-order valence-corrected chi connectivity index (χ0v) is 12.8. The molecule has 0 saturated carbocycles. The minimum absolute atomic E-state index is 0.197. The summed E-state index contributed by atoms with van der Waals surface area (Å²) in [5.74, 6) is -0.197. The molecule has 0 radical (unpaired) electrons. The number of hydrogen-bond donors (Lipinski definition) is 1. The van der Waals surface area contributed by atoms with E-state index in [0.717, 1.165) is 28.8 Å². The first-order valence-electron chi connectivity index (χ1n) is 6.79. The Morgan fingerprint density at radius 2 is 1.80 bits per heavy atom. The van der Waals surface area contributed by atoms with Crippen molar-refractivity contribution in [3.63, 3.8) is 0 Å². The third-order valence-corrected chi connectivity index (χ3v) is 3.83. The monoisotopic (exact) mass is 291 g/mol. The average molecular weight is 292 g/mol. The molecule has 0 unspecified atom stereocenters. The fourth-order valence-electron chi connectivity index (χ4n) is 2.12. The van der Waals surface area contributed by atoms with Gasteiger partial charge >= 0.3 is 0 Å². The van der Waals surface area contributed by atoms with Gasteiger partial charge in [0.25, 0.3) is 0 Å². The maximum Gasteiger partial charge on any atom is 0.128 e. The topological polar surface area (TPSA) is 12.0 Å². The summed E-state index contributed by atoms with van der Waals surface area (Å²) < 4.78 is 14.1. The highest BCUT2D eigenvalue weighted by Crippen LogP contribution is 2.31. The zero-order chi connectivity index (χ0) is 14.7. The second-order valence-corrected chi connectivity index (χ2v) is 5.41. The lowest BCUT2D eigenvalue weighted by molar-refractivity contribution is 0.594. The van der Waals surface area contributed by atoms with E-state index in [2.05, 4.69) is 5.32 Å². The van der Waals surface area contributed by atoms with Gasteiger partial charge in [-0.1, -0.05) is 30.7 Å². The minimum Gasteiger partial charge on any atom is -0.313 e. The van der Waals surface area contributed by atoms with E-state index in [1.807, 2.05) is 45.0 Å². The summed E-state index contributed by atoms with van der Waals surface area (Å²) in [5.41, 5.74) is 4.67. The zero-order valence-electron chi connectivity index (χ0n) is 12.1. The van der Waals surface area contributed by atoms with Gasteiger partial charge in [0.15, 0.2) is 0 Å². The third kappa shape index (κ3) is 3.20. The molecule has 0 aliphatic rings. The molecule has 0 atom stereocenters. The highest BCUT2D eigenvalue weighted by Gasteiger charge is 2.09. The quantitative estimate of drug-likeness (QED) is 0.847.